The third kappa shape index (κ3) is 6.77. The van der Waals surface area contributed by atoms with Crippen LogP contribution >= 0.6 is 12.4 Å². The lowest BCUT2D eigenvalue weighted by atomic mass is 10.1. The van der Waals surface area contributed by atoms with E-state index in [0.29, 0.717) is 19.6 Å². The summed E-state index contributed by atoms with van der Waals surface area (Å²) in [4.78, 5) is 14.2. The molecule has 0 radical (unpaired) electrons. The van der Waals surface area contributed by atoms with Gasteiger partial charge in [-0.2, -0.15) is 0 Å². The van der Waals surface area contributed by atoms with E-state index in [9.17, 15) is 4.79 Å². The van der Waals surface area contributed by atoms with Crippen LogP contribution in [0.2, 0.25) is 0 Å². The molecule has 2 rings (SSSR count). The maximum Gasteiger partial charge on any atom is 0.223 e. The minimum absolute atomic E-state index is 0. The first-order chi connectivity index (χ1) is 10.7. The third-order valence-electron chi connectivity index (χ3n) is 4.10. The van der Waals surface area contributed by atoms with Crippen LogP contribution in [0.1, 0.15) is 17.5 Å². The molecule has 1 aromatic carbocycles. The number of benzene rings is 1. The molecule has 0 spiro atoms. The molecule has 1 fully saturated rings. The monoisotopic (exact) mass is 341 g/mol. The first-order valence-corrected chi connectivity index (χ1v) is 8.05. The smallest absolute Gasteiger partial charge is 0.223 e. The molecule has 1 aromatic rings. The lowest BCUT2D eigenvalue weighted by Crippen LogP contribution is -2.46. The number of aryl methyl sites for hydroxylation is 1. The number of hydrogen-bond donors (Lipinski definition) is 2. The predicted molar refractivity (Wildman–Crippen MR) is 95.6 cm³/mol. The van der Waals surface area contributed by atoms with Crippen molar-refractivity contribution in [2.45, 2.75) is 20.3 Å². The molecule has 2 N–H and O–H groups in total. The summed E-state index contributed by atoms with van der Waals surface area (Å²) in [5.41, 5.74) is 2.35. The van der Waals surface area contributed by atoms with Gasteiger partial charge >= 0.3 is 0 Å². The molecule has 0 atom stereocenters. The zero-order chi connectivity index (χ0) is 15.8. The Labute approximate surface area is 145 Å². The third-order valence-corrected chi connectivity index (χ3v) is 4.10. The molecule has 0 saturated carbocycles. The van der Waals surface area contributed by atoms with Crippen LogP contribution in [0.4, 0.5) is 0 Å². The largest absolute Gasteiger partial charge is 0.493 e. The van der Waals surface area contributed by atoms with Crippen LogP contribution in [-0.2, 0) is 4.79 Å². The Balaban J connectivity index is 0.00000264. The average Bonchev–Trinajstić information content (AvgIpc) is 2.52. The van der Waals surface area contributed by atoms with Crippen molar-refractivity contribution < 1.29 is 9.53 Å². The van der Waals surface area contributed by atoms with E-state index in [0.717, 1.165) is 44.0 Å². The maximum atomic E-state index is 11.8. The Morgan fingerprint density at radius 3 is 2.78 bits per heavy atom. The number of piperazine rings is 1. The van der Waals surface area contributed by atoms with Crippen LogP contribution < -0.4 is 15.4 Å². The summed E-state index contributed by atoms with van der Waals surface area (Å²) in [6.45, 7) is 10.4. The molecule has 0 bridgehead atoms. The summed E-state index contributed by atoms with van der Waals surface area (Å²) in [5, 5.41) is 6.28. The number of hydrogen-bond acceptors (Lipinski definition) is 4. The first kappa shape index (κ1) is 19.7. The van der Waals surface area contributed by atoms with E-state index in [-0.39, 0.29) is 18.3 Å². The first-order valence-electron chi connectivity index (χ1n) is 8.05. The molecule has 1 heterocycles. The molecule has 6 heteroatoms. The summed E-state index contributed by atoms with van der Waals surface area (Å²) < 4.78 is 5.71. The fraction of sp³-hybridized carbons (Fsp3) is 0.588. The number of carbonyl (C=O) groups excluding carboxylic acids is 1. The summed E-state index contributed by atoms with van der Waals surface area (Å²) in [6.07, 6.45) is 0.398. The Kier molecular flexibility index (Phi) is 8.99. The van der Waals surface area contributed by atoms with E-state index in [2.05, 4.69) is 28.5 Å². The van der Waals surface area contributed by atoms with E-state index in [1.807, 2.05) is 19.1 Å². The highest BCUT2D eigenvalue weighted by atomic mass is 35.5. The Bertz CT molecular complexity index is 491. The van der Waals surface area contributed by atoms with Crippen molar-refractivity contribution in [3.05, 3.63) is 29.3 Å². The zero-order valence-corrected chi connectivity index (χ0v) is 14.9. The highest BCUT2D eigenvalue weighted by molar-refractivity contribution is 5.85. The minimum atomic E-state index is 0. The van der Waals surface area contributed by atoms with Gasteiger partial charge in [0.1, 0.15) is 5.75 Å². The fourth-order valence-electron chi connectivity index (χ4n) is 2.51. The number of halogens is 1. The van der Waals surface area contributed by atoms with Crippen LogP contribution in [0.15, 0.2) is 18.2 Å². The standard InChI is InChI=1S/C17H27N3O2.ClH/c1-14-4-3-5-16(15(14)2)22-13-6-17(21)19-9-12-20-10-7-18-8-11-20;/h3-5,18H,6-13H2,1-2H3,(H,19,21);1H. The molecule has 130 valence electrons. The summed E-state index contributed by atoms with van der Waals surface area (Å²) in [6, 6.07) is 5.99. The average molecular weight is 342 g/mol. The molecule has 1 aliphatic heterocycles. The van der Waals surface area contributed by atoms with Crippen LogP contribution in [0, 0.1) is 13.8 Å². The van der Waals surface area contributed by atoms with Crippen molar-refractivity contribution in [2.24, 2.45) is 0 Å². The minimum Gasteiger partial charge on any atom is -0.493 e. The molecule has 0 aromatic heterocycles. The van der Waals surface area contributed by atoms with Gasteiger partial charge in [0.05, 0.1) is 13.0 Å². The van der Waals surface area contributed by atoms with E-state index < -0.39 is 0 Å². The molecule has 5 nitrogen and oxygen atoms in total. The van der Waals surface area contributed by atoms with Crippen molar-refractivity contribution in [1.29, 1.82) is 0 Å². The molecular formula is C17H28ClN3O2. The molecule has 1 saturated heterocycles. The number of carbonyl (C=O) groups is 1. The van der Waals surface area contributed by atoms with Gasteiger partial charge in [-0.25, -0.2) is 0 Å². The van der Waals surface area contributed by atoms with Crippen molar-refractivity contribution in [1.82, 2.24) is 15.5 Å². The molecule has 1 aliphatic rings. The summed E-state index contributed by atoms with van der Waals surface area (Å²) in [7, 11) is 0. The number of amides is 1. The van der Waals surface area contributed by atoms with Gasteiger partial charge in [0.15, 0.2) is 0 Å². The summed E-state index contributed by atoms with van der Waals surface area (Å²) >= 11 is 0. The fourth-order valence-corrected chi connectivity index (χ4v) is 2.51. The van der Waals surface area contributed by atoms with Gasteiger partial charge in [0.2, 0.25) is 5.91 Å². The van der Waals surface area contributed by atoms with Gasteiger partial charge in [0.25, 0.3) is 0 Å². The summed E-state index contributed by atoms with van der Waals surface area (Å²) in [5.74, 6) is 0.925. The Morgan fingerprint density at radius 1 is 1.30 bits per heavy atom. The van der Waals surface area contributed by atoms with Crippen molar-refractivity contribution in [3.8, 4) is 5.75 Å². The van der Waals surface area contributed by atoms with Crippen molar-refractivity contribution >= 4 is 18.3 Å². The van der Waals surface area contributed by atoms with Crippen molar-refractivity contribution in [3.63, 3.8) is 0 Å². The molecule has 23 heavy (non-hydrogen) atoms. The lowest BCUT2D eigenvalue weighted by Gasteiger charge is -2.27. The predicted octanol–water partition coefficient (Wildman–Crippen LogP) is 1.52. The Morgan fingerprint density at radius 2 is 2.04 bits per heavy atom. The molecular weight excluding hydrogens is 314 g/mol. The second kappa shape index (κ2) is 10.5. The van der Waals surface area contributed by atoms with Gasteiger partial charge in [0, 0.05) is 39.3 Å². The second-order valence-corrected chi connectivity index (χ2v) is 5.74. The van der Waals surface area contributed by atoms with Crippen LogP contribution in [0.3, 0.4) is 0 Å². The quantitative estimate of drug-likeness (QED) is 0.789. The Hall–Kier alpha value is -1.30. The van der Waals surface area contributed by atoms with Gasteiger partial charge in [-0.1, -0.05) is 12.1 Å². The van der Waals surface area contributed by atoms with Crippen LogP contribution in [0.5, 0.6) is 5.75 Å². The highest BCUT2D eigenvalue weighted by Gasteiger charge is 2.09. The van der Waals surface area contributed by atoms with E-state index in [1.54, 1.807) is 0 Å². The van der Waals surface area contributed by atoms with Crippen LogP contribution in [0.25, 0.3) is 0 Å². The van der Waals surface area contributed by atoms with E-state index in [4.69, 9.17) is 4.74 Å². The molecule has 1 amide bonds. The van der Waals surface area contributed by atoms with E-state index >= 15 is 0 Å². The normalized spacial score (nSPS) is 14.9. The maximum absolute atomic E-state index is 11.8. The van der Waals surface area contributed by atoms with Gasteiger partial charge < -0.3 is 15.4 Å². The number of nitrogens with one attached hydrogen (secondary N) is 2. The molecule has 0 unspecified atom stereocenters. The zero-order valence-electron chi connectivity index (χ0n) is 14.1. The van der Waals surface area contributed by atoms with Gasteiger partial charge in [-0.05, 0) is 31.0 Å². The number of nitrogens with zero attached hydrogens (tertiary/aromatic N) is 1. The lowest BCUT2D eigenvalue weighted by molar-refractivity contribution is -0.121. The number of rotatable bonds is 7. The van der Waals surface area contributed by atoms with Crippen molar-refractivity contribution in [2.75, 3.05) is 45.9 Å². The second-order valence-electron chi connectivity index (χ2n) is 5.74. The highest BCUT2D eigenvalue weighted by Crippen LogP contribution is 2.20. The van der Waals surface area contributed by atoms with E-state index in [1.165, 1.54) is 5.56 Å². The molecule has 0 aliphatic carbocycles. The number of ether oxygens (including phenoxy) is 1. The van der Waals surface area contributed by atoms with Gasteiger partial charge in [-0.3, -0.25) is 9.69 Å². The van der Waals surface area contributed by atoms with Crippen LogP contribution in [-0.4, -0.2) is 56.7 Å². The van der Waals surface area contributed by atoms with Gasteiger partial charge in [-0.15, -0.1) is 12.4 Å². The topological polar surface area (TPSA) is 53.6 Å². The SMILES string of the molecule is Cc1cccc(OCCC(=O)NCCN2CCNCC2)c1C.Cl.